The van der Waals surface area contributed by atoms with Crippen LogP contribution >= 0.6 is 11.3 Å². The van der Waals surface area contributed by atoms with E-state index in [1.165, 1.54) is 0 Å². The van der Waals surface area contributed by atoms with Crippen molar-refractivity contribution in [3.63, 3.8) is 0 Å². The van der Waals surface area contributed by atoms with Gasteiger partial charge in [-0.25, -0.2) is 9.97 Å². The van der Waals surface area contributed by atoms with Crippen LogP contribution in [0.2, 0.25) is 0 Å². The molecule has 1 amide bonds. The molecule has 0 spiro atoms. The molecule has 2 atom stereocenters. The van der Waals surface area contributed by atoms with Crippen LogP contribution in [-0.4, -0.2) is 42.1 Å². The summed E-state index contributed by atoms with van der Waals surface area (Å²) in [5, 5.41) is 11.7. The monoisotopic (exact) mass is 553 g/mol. The number of carbonyl (C=O) groups is 1. The smallest absolute Gasteiger partial charge is 0.254 e. The second-order valence-corrected chi connectivity index (χ2v) is 11.5. The molecule has 4 heterocycles. The van der Waals surface area contributed by atoms with E-state index in [2.05, 4.69) is 20.2 Å². The average molecular weight is 554 g/mol. The second kappa shape index (κ2) is 10.4. The summed E-state index contributed by atoms with van der Waals surface area (Å²) >= 11 is 1.61. The van der Waals surface area contributed by atoms with E-state index < -0.39 is 5.54 Å². The maximum atomic E-state index is 14.0. The average Bonchev–Trinajstić information content (AvgIpc) is 3.75. The number of amides is 1. The van der Waals surface area contributed by atoms with Crippen molar-refractivity contribution in [2.75, 3.05) is 6.54 Å². The van der Waals surface area contributed by atoms with Gasteiger partial charge in [0.2, 0.25) is 11.8 Å². The maximum absolute atomic E-state index is 14.0. The molecule has 1 saturated heterocycles. The lowest BCUT2D eigenvalue weighted by molar-refractivity contribution is 0.0735. The largest absolute Gasteiger partial charge is 0.419 e. The van der Waals surface area contributed by atoms with Crippen LogP contribution in [0.3, 0.4) is 0 Å². The summed E-state index contributed by atoms with van der Waals surface area (Å²) in [6.07, 6.45) is 5.98. The highest BCUT2D eigenvalue weighted by Gasteiger charge is 2.33. The predicted molar refractivity (Wildman–Crippen MR) is 153 cm³/mol. The maximum Gasteiger partial charge on any atom is 0.254 e. The summed E-state index contributed by atoms with van der Waals surface area (Å²) in [5.41, 5.74) is 9.80. The van der Waals surface area contributed by atoms with Gasteiger partial charge in [0.1, 0.15) is 10.8 Å². The van der Waals surface area contributed by atoms with Gasteiger partial charge < -0.3 is 19.6 Å². The highest BCUT2D eigenvalue weighted by molar-refractivity contribution is 7.09. The zero-order chi connectivity index (χ0) is 27.9. The van der Waals surface area contributed by atoms with E-state index in [-0.39, 0.29) is 11.9 Å². The van der Waals surface area contributed by atoms with Crippen LogP contribution in [0.4, 0.5) is 0 Å². The summed E-state index contributed by atoms with van der Waals surface area (Å²) in [7, 11) is 1.92. The molecule has 0 unspecified atom stereocenters. The van der Waals surface area contributed by atoms with Crippen LogP contribution in [0.15, 0.2) is 70.7 Å². The fraction of sp³-hybridized carbons (Fsp3) is 0.300. The van der Waals surface area contributed by atoms with Gasteiger partial charge >= 0.3 is 0 Å². The second-order valence-electron chi connectivity index (χ2n) is 10.6. The summed E-state index contributed by atoms with van der Waals surface area (Å²) in [6, 6.07) is 15.6. The topological polar surface area (TPSA) is 116 Å². The molecular weight excluding hydrogens is 522 g/mol. The Hall–Kier alpha value is -4.15. The van der Waals surface area contributed by atoms with E-state index in [9.17, 15) is 4.79 Å². The molecule has 1 aliphatic heterocycles. The number of hydrogen-bond acceptors (Lipinski definition) is 8. The third-order valence-corrected chi connectivity index (χ3v) is 8.33. The fourth-order valence-electron chi connectivity index (χ4n) is 5.27. The van der Waals surface area contributed by atoms with Crippen molar-refractivity contribution < 1.29 is 9.21 Å². The van der Waals surface area contributed by atoms with Gasteiger partial charge in [-0.2, -0.15) is 0 Å². The lowest BCUT2D eigenvalue weighted by Crippen LogP contribution is -2.35. The molecular formula is C30H31N7O2S. The van der Waals surface area contributed by atoms with Crippen molar-refractivity contribution in [1.82, 2.24) is 29.6 Å². The van der Waals surface area contributed by atoms with Gasteiger partial charge in [-0.05, 0) is 56.9 Å². The molecule has 1 fully saturated rings. The third-order valence-electron chi connectivity index (χ3n) is 7.27. The Labute approximate surface area is 236 Å². The van der Waals surface area contributed by atoms with Crippen molar-refractivity contribution in [2.24, 2.45) is 12.8 Å². The van der Waals surface area contributed by atoms with Crippen LogP contribution in [0.1, 0.15) is 58.3 Å². The highest BCUT2D eigenvalue weighted by atomic mass is 32.1. The van der Waals surface area contributed by atoms with Crippen molar-refractivity contribution in [1.29, 1.82) is 0 Å². The molecule has 0 saturated carbocycles. The Morgan fingerprint density at radius 2 is 1.98 bits per heavy atom. The van der Waals surface area contributed by atoms with Crippen LogP contribution in [-0.2, 0) is 19.0 Å². The Kier molecular flexibility index (Phi) is 6.81. The molecule has 2 aromatic carbocycles. The van der Waals surface area contributed by atoms with Crippen LogP contribution < -0.4 is 5.73 Å². The molecule has 1 aliphatic rings. The van der Waals surface area contributed by atoms with Gasteiger partial charge in [0.25, 0.3) is 5.91 Å². The number of aryl methyl sites for hydroxylation is 2. The van der Waals surface area contributed by atoms with Crippen LogP contribution in [0, 0.1) is 6.92 Å². The zero-order valence-electron chi connectivity index (χ0n) is 22.7. The number of aromatic nitrogens is 5. The number of carbonyl (C=O) groups excluding carboxylic acids is 1. The van der Waals surface area contributed by atoms with E-state index in [1.54, 1.807) is 17.5 Å². The normalized spacial score (nSPS) is 16.8. The van der Waals surface area contributed by atoms with Gasteiger partial charge in [0.05, 0.1) is 11.6 Å². The molecule has 5 aromatic rings. The van der Waals surface area contributed by atoms with Crippen LogP contribution in [0.25, 0.3) is 22.8 Å². The molecule has 3 aromatic heterocycles. The first kappa shape index (κ1) is 26.1. The van der Waals surface area contributed by atoms with E-state index >= 15 is 0 Å². The van der Waals surface area contributed by atoms with E-state index in [1.807, 2.05) is 90.5 Å². The van der Waals surface area contributed by atoms with Gasteiger partial charge in [-0.15, -0.1) is 21.5 Å². The summed E-state index contributed by atoms with van der Waals surface area (Å²) < 4.78 is 8.07. The molecule has 6 rings (SSSR count). The van der Waals surface area contributed by atoms with E-state index in [0.717, 1.165) is 40.5 Å². The summed E-state index contributed by atoms with van der Waals surface area (Å²) in [5.74, 6) is 1.32. The number of imidazole rings is 1. The molecule has 204 valence electrons. The molecule has 10 heteroatoms. The molecule has 40 heavy (non-hydrogen) atoms. The first-order chi connectivity index (χ1) is 19.3. The highest BCUT2D eigenvalue weighted by Crippen LogP contribution is 2.36. The minimum absolute atomic E-state index is 0.0302. The minimum atomic E-state index is -0.864. The molecule has 0 aliphatic carbocycles. The quantitative estimate of drug-likeness (QED) is 0.291. The number of nitrogens with zero attached hydrogens (tertiary/aromatic N) is 6. The van der Waals surface area contributed by atoms with Crippen molar-refractivity contribution >= 4 is 17.2 Å². The van der Waals surface area contributed by atoms with Crippen molar-refractivity contribution in [2.45, 2.75) is 44.7 Å². The zero-order valence-corrected chi connectivity index (χ0v) is 23.6. The molecule has 0 radical (unpaired) electrons. The Bertz CT molecular complexity index is 1650. The molecule has 9 nitrogen and oxygen atoms in total. The molecule has 0 bridgehead atoms. The van der Waals surface area contributed by atoms with E-state index in [0.29, 0.717) is 35.9 Å². The predicted octanol–water partition coefficient (Wildman–Crippen LogP) is 5.30. The lowest BCUT2D eigenvalue weighted by Gasteiger charge is -2.23. The van der Waals surface area contributed by atoms with Crippen LogP contribution in [0.5, 0.6) is 0 Å². The van der Waals surface area contributed by atoms with Crippen molar-refractivity contribution in [3.05, 3.63) is 94.0 Å². The minimum Gasteiger partial charge on any atom is -0.419 e. The first-order valence-electron chi connectivity index (χ1n) is 13.3. The Morgan fingerprint density at radius 3 is 2.70 bits per heavy atom. The van der Waals surface area contributed by atoms with Gasteiger partial charge in [0, 0.05) is 53.8 Å². The first-order valence-corrected chi connectivity index (χ1v) is 14.2. The number of likely N-dealkylation sites (tertiary alicyclic amines) is 1. The number of thiazole rings is 1. The fourth-order valence-corrected chi connectivity index (χ4v) is 6.21. The van der Waals surface area contributed by atoms with Gasteiger partial charge in [-0.3, -0.25) is 4.79 Å². The standard InChI is InChI=1S/C30H31N7O2S/c1-19-18-40-27(33-19)24-10-7-12-37(24)28(38)23-15-21(25-32-11-13-36(25)3)14-22(16-23)26-34-35-29(39-26)30(2,31)17-20-8-5-4-6-9-20/h4-6,8-9,11,13-16,18,24H,7,10,12,17,31H2,1-3H3/t24-,30+/m1/s1. The van der Waals surface area contributed by atoms with Gasteiger partial charge in [-0.1, -0.05) is 30.3 Å². The SMILES string of the molecule is Cc1csc([C@H]2CCCN2C(=O)c2cc(-c3nnc([C@@](C)(N)Cc4ccccc4)o3)cc(-c3nccn3C)c2)n1. The summed E-state index contributed by atoms with van der Waals surface area (Å²) in [6.45, 7) is 4.54. The third kappa shape index (κ3) is 5.07. The summed E-state index contributed by atoms with van der Waals surface area (Å²) in [4.78, 5) is 25.1. The molecule has 2 N–H and O–H groups in total. The number of benzene rings is 2. The Balaban J connectivity index is 1.37. The van der Waals surface area contributed by atoms with Crippen molar-refractivity contribution in [3.8, 4) is 22.8 Å². The number of hydrogen-bond donors (Lipinski definition) is 1. The van der Waals surface area contributed by atoms with Gasteiger partial charge in [0.15, 0.2) is 0 Å². The number of rotatable bonds is 7. The number of nitrogens with two attached hydrogens (primary N) is 1. The lowest BCUT2D eigenvalue weighted by atomic mass is 9.94. The van der Waals surface area contributed by atoms with E-state index in [4.69, 9.17) is 10.2 Å². The Morgan fingerprint density at radius 1 is 1.18 bits per heavy atom.